The monoisotopic (exact) mass is 431 g/mol. The summed E-state index contributed by atoms with van der Waals surface area (Å²) in [6.45, 7) is 5.17. The zero-order valence-electron chi connectivity index (χ0n) is 18.1. The van der Waals surface area contributed by atoms with E-state index < -0.39 is 17.8 Å². The number of carbonyl (C=O) groups is 2. The summed E-state index contributed by atoms with van der Waals surface area (Å²) in [7, 11) is 0. The zero-order valence-corrected chi connectivity index (χ0v) is 18.1. The highest BCUT2D eigenvalue weighted by Crippen LogP contribution is 2.31. The molecular weight excluding hydrogens is 401 g/mol. The maximum absolute atomic E-state index is 14.8. The molecule has 2 atom stereocenters. The van der Waals surface area contributed by atoms with E-state index >= 15 is 0 Å². The minimum atomic E-state index is -0.924. The van der Waals surface area contributed by atoms with E-state index in [1.54, 1.807) is 11.0 Å². The summed E-state index contributed by atoms with van der Waals surface area (Å²) < 4.78 is 14.8. The number of likely N-dealkylation sites (tertiary alicyclic amines) is 1. The number of piperidine rings is 1. The highest BCUT2D eigenvalue weighted by atomic mass is 19.1. The van der Waals surface area contributed by atoms with Gasteiger partial charge in [0.25, 0.3) is 0 Å². The molecule has 1 aromatic carbocycles. The van der Waals surface area contributed by atoms with Crippen LogP contribution in [0.25, 0.3) is 0 Å². The molecule has 0 unspecified atom stereocenters. The summed E-state index contributed by atoms with van der Waals surface area (Å²) in [5.74, 6) is -1.86. The van der Waals surface area contributed by atoms with Crippen LogP contribution in [0.1, 0.15) is 62.4 Å². The first-order valence-electron chi connectivity index (χ1n) is 10.9. The van der Waals surface area contributed by atoms with Crippen molar-refractivity contribution in [1.82, 2.24) is 25.5 Å². The van der Waals surface area contributed by atoms with Gasteiger partial charge in [-0.15, -0.1) is 10.2 Å². The number of carboxylic acid groups (broad SMARTS) is 1. The Bertz CT molecular complexity index is 887. The van der Waals surface area contributed by atoms with E-state index in [-0.39, 0.29) is 17.6 Å². The number of carbonyl (C=O) groups excluding carboxylic acids is 1. The number of carboxylic acids is 1. The third-order valence-electron chi connectivity index (χ3n) is 5.87. The predicted octanol–water partition coefficient (Wildman–Crippen LogP) is 2.97. The molecule has 1 amide bonds. The highest BCUT2D eigenvalue weighted by Gasteiger charge is 2.33. The normalized spacial score (nSPS) is 16.5. The SMILES string of the molecule is CC(C)C[C@H](C(=O)O)[C@H](Cc1ccc(CCN2CCCCC2=O)c(F)c1)c1nn[nH]n1. The van der Waals surface area contributed by atoms with Crippen molar-refractivity contribution in [2.45, 2.75) is 58.3 Å². The number of amides is 1. The van der Waals surface area contributed by atoms with Gasteiger partial charge in [0.05, 0.1) is 5.92 Å². The van der Waals surface area contributed by atoms with Gasteiger partial charge in [-0.2, -0.15) is 5.21 Å². The molecule has 0 radical (unpaired) electrons. The van der Waals surface area contributed by atoms with Gasteiger partial charge in [0.15, 0.2) is 5.82 Å². The van der Waals surface area contributed by atoms with E-state index in [0.717, 1.165) is 19.4 Å². The molecule has 168 valence electrons. The number of hydrogen-bond donors (Lipinski definition) is 2. The molecule has 0 spiro atoms. The standard InChI is InChI=1S/C22H30FN5O3/c1-14(2)11-18(22(30)31)17(21-24-26-27-25-21)12-15-6-7-16(19(23)13-15)8-10-28-9-4-3-5-20(28)29/h6-7,13-14,17-18H,3-5,8-12H2,1-2H3,(H,30,31)(H,24,25,26,27)/t17-,18-/m0/s1. The second-order valence-corrected chi connectivity index (χ2v) is 8.67. The van der Waals surface area contributed by atoms with Gasteiger partial charge in [0.1, 0.15) is 5.82 Å². The number of tetrazole rings is 1. The Morgan fingerprint density at radius 2 is 2.13 bits per heavy atom. The minimum absolute atomic E-state index is 0.135. The van der Waals surface area contributed by atoms with Crippen LogP contribution in [0.3, 0.4) is 0 Å². The van der Waals surface area contributed by atoms with Gasteiger partial charge in [0, 0.05) is 25.4 Å². The quantitative estimate of drug-likeness (QED) is 0.598. The fraction of sp³-hybridized carbons (Fsp3) is 0.591. The maximum atomic E-state index is 14.8. The van der Waals surface area contributed by atoms with E-state index in [1.165, 1.54) is 6.07 Å². The molecule has 0 aliphatic carbocycles. The Kier molecular flexibility index (Phi) is 7.70. The first-order valence-corrected chi connectivity index (χ1v) is 10.9. The molecule has 3 rings (SSSR count). The molecule has 1 aromatic heterocycles. The predicted molar refractivity (Wildman–Crippen MR) is 112 cm³/mol. The van der Waals surface area contributed by atoms with Crippen molar-refractivity contribution in [2.75, 3.05) is 13.1 Å². The van der Waals surface area contributed by atoms with E-state index in [4.69, 9.17) is 0 Å². The maximum Gasteiger partial charge on any atom is 0.307 e. The van der Waals surface area contributed by atoms with Gasteiger partial charge in [-0.3, -0.25) is 9.59 Å². The molecule has 8 nitrogen and oxygen atoms in total. The average molecular weight is 432 g/mol. The molecule has 2 aromatic rings. The molecule has 2 N–H and O–H groups in total. The second-order valence-electron chi connectivity index (χ2n) is 8.67. The van der Waals surface area contributed by atoms with Gasteiger partial charge < -0.3 is 10.0 Å². The third kappa shape index (κ3) is 6.08. The Labute approximate surface area is 181 Å². The number of aromatic amines is 1. The third-order valence-corrected chi connectivity index (χ3v) is 5.87. The number of aromatic nitrogens is 4. The number of hydrogen-bond acceptors (Lipinski definition) is 5. The summed E-state index contributed by atoms with van der Waals surface area (Å²) in [5.41, 5.74) is 1.23. The molecule has 1 aliphatic heterocycles. The lowest BCUT2D eigenvalue weighted by Gasteiger charge is -2.26. The molecule has 2 heterocycles. The van der Waals surface area contributed by atoms with Crippen molar-refractivity contribution >= 4 is 11.9 Å². The van der Waals surface area contributed by atoms with E-state index in [2.05, 4.69) is 20.6 Å². The van der Waals surface area contributed by atoms with Crippen molar-refractivity contribution in [3.8, 4) is 0 Å². The minimum Gasteiger partial charge on any atom is -0.481 e. The van der Waals surface area contributed by atoms with Gasteiger partial charge in [-0.05, 0) is 55.2 Å². The average Bonchev–Trinajstić information content (AvgIpc) is 3.25. The first kappa shape index (κ1) is 22.8. The van der Waals surface area contributed by atoms with E-state index in [0.29, 0.717) is 49.2 Å². The fourth-order valence-electron chi connectivity index (χ4n) is 4.21. The van der Waals surface area contributed by atoms with Crippen LogP contribution in [-0.4, -0.2) is 55.6 Å². The van der Waals surface area contributed by atoms with Crippen LogP contribution in [0, 0.1) is 17.7 Å². The molecular formula is C22H30FN5O3. The lowest BCUT2D eigenvalue weighted by Crippen LogP contribution is -2.36. The van der Waals surface area contributed by atoms with E-state index in [1.807, 2.05) is 19.9 Å². The van der Waals surface area contributed by atoms with Crippen LogP contribution in [0.5, 0.6) is 0 Å². The smallest absolute Gasteiger partial charge is 0.307 e. The fourth-order valence-corrected chi connectivity index (χ4v) is 4.21. The van der Waals surface area contributed by atoms with Crippen LogP contribution in [0.4, 0.5) is 4.39 Å². The second kappa shape index (κ2) is 10.5. The number of halogens is 1. The Morgan fingerprint density at radius 1 is 1.32 bits per heavy atom. The van der Waals surface area contributed by atoms with Crippen LogP contribution in [0.2, 0.25) is 0 Å². The first-order chi connectivity index (χ1) is 14.8. The lowest BCUT2D eigenvalue weighted by molar-refractivity contribution is -0.143. The number of aliphatic carboxylic acids is 1. The Morgan fingerprint density at radius 3 is 2.74 bits per heavy atom. The summed E-state index contributed by atoms with van der Waals surface area (Å²) in [4.78, 5) is 25.7. The molecule has 31 heavy (non-hydrogen) atoms. The van der Waals surface area contributed by atoms with Gasteiger partial charge in [-0.1, -0.05) is 31.2 Å². The lowest BCUT2D eigenvalue weighted by atomic mass is 9.81. The molecule has 1 saturated heterocycles. The Hall–Kier alpha value is -2.84. The molecule has 0 saturated carbocycles. The molecule has 1 fully saturated rings. The van der Waals surface area contributed by atoms with Gasteiger partial charge in [-0.25, -0.2) is 4.39 Å². The summed E-state index contributed by atoms with van der Waals surface area (Å²) >= 11 is 0. The number of benzene rings is 1. The molecule has 0 bridgehead atoms. The van der Waals surface area contributed by atoms with Crippen molar-refractivity contribution in [3.05, 3.63) is 41.0 Å². The number of nitrogens with zero attached hydrogens (tertiary/aromatic N) is 4. The highest BCUT2D eigenvalue weighted by molar-refractivity contribution is 5.76. The topological polar surface area (TPSA) is 112 Å². The van der Waals surface area contributed by atoms with Crippen molar-refractivity contribution in [1.29, 1.82) is 0 Å². The summed E-state index contributed by atoms with van der Waals surface area (Å²) in [5, 5.41) is 23.8. The van der Waals surface area contributed by atoms with Crippen molar-refractivity contribution < 1.29 is 19.1 Å². The Balaban J connectivity index is 1.73. The van der Waals surface area contributed by atoms with Crippen LogP contribution in [0.15, 0.2) is 18.2 Å². The molecule has 9 heteroatoms. The van der Waals surface area contributed by atoms with Gasteiger partial charge in [0.2, 0.25) is 5.91 Å². The number of H-pyrrole nitrogens is 1. The van der Waals surface area contributed by atoms with Crippen LogP contribution in [-0.2, 0) is 22.4 Å². The number of nitrogens with one attached hydrogen (secondary N) is 1. The number of rotatable bonds is 10. The zero-order chi connectivity index (χ0) is 22.4. The van der Waals surface area contributed by atoms with Crippen molar-refractivity contribution in [2.24, 2.45) is 11.8 Å². The van der Waals surface area contributed by atoms with Crippen LogP contribution >= 0.6 is 0 Å². The van der Waals surface area contributed by atoms with Crippen molar-refractivity contribution in [3.63, 3.8) is 0 Å². The van der Waals surface area contributed by atoms with Gasteiger partial charge >= 0.3 is 5.97 Å². The summed E-state index contributed by atoms with van der Waals surface area (Å²) in [6.07, 6.45) is 3.70. The van der Waals surface area contributed by atoms with E-state index in [9.17, 15) is 19.1 Å². The largest absolute Gasteiger partial charge is 0.481 e. The van der Waals surface area contributed by atoms with Crippen LogP contribution < -0.4 is 0 Å². The summed E-state index contributed by atoms with van der Waals surface area (Å²) in [6, 6.07) is 5.00. The molecule has 1 aliphatic rings.